The second-order valence-electron chi connectivity index (χ2n) is 5.48. The van der Waals surface area contributed by atoms with Gasteiger partial charge in [0.1, 0.15) is 0 Å². The number of likely N-dealkylation sites (tertiary alicyclic amines) is 1. The predicted molar refractivity (Wildman–Crippen MR) is 78.8 cm³/mol. The molecule has 0 spiro atoms. The van der Waals surface area contributed by atoms with Crippen molar-refractivity contribution in [2.75, 3.05) is 18.8 Å². The Labute approximate surface area is 115 Å². The monoisotopic (exact) mass is 266 g/mol. The van der Waals surface area contributed by atoms with Crippen LogP contribution in [-0.4, -0.2) is 18.0 Å². The summed E-state index contributed by atoms with van der Waals surface area (Å²) in [6.45, 7) is 7.82. The number of anilines is 1. The molecule has 0 amide bonds. The van der Waals surface area contributed by atoms with Crippen molar-refractivity contribution < 1.29 is 0 Å². The van der Waals surface area contributed by atoms with E-state index in [0.717, 1.165) is 29.4 Å². The van der Waals surface area contributed by atoms with Crippen LogP contribution in [-0.2, 0) is 6.54 Å². The van der Waals surface area contributed by atoms with Gasteiger partial charge in [-0.15, -0.1) is 0 Å². The first-order valence-corrected chi connectivity index (χ1v) is 7.23. The number of hydrogen-bond acceptors (Lipinski definition) is 2. The second-order valence-corrected chi connectivity index (χ2v) is 5.88. The Morgan fingerprint density at radius 2 is 2.06 bits per heavy atom. The Hall–Kier alpha value is -0.730. The van der Waals surface area contributed by atoms with Crippen LogP contribution in [0.25, 0.3) is 0 Å². The van der Waals surface area contributed by atoms with Gasteiger partial charge in [-0.3, -0.25) is 4.90 Å². The van der Waals surface area contributed by atoms with E-state index >= 15 is 0 Å². The molecular weight excluding hydrogens is 244 g/mol. The fourth-order valence-electron chi connectivity index (χ4n) is 2.96. The van der Waals surface area contributed by atoms with Gasteiger partial charge in [-0.1, -0.05) is 31.5 Å². The molecule has 1 heterocycles. The lowest BCUT2D eigenvalue weighted by atomic mass is 9.82. The van der Waals surface area contributed by atoms with Crippen LogP contribution in [0.15, 0.2) is 18.2 Å². The van der Waals surface area contributed by atoms with Crippen LogP contribution in [0.5, 0.6) is 0 Å². The standard InChI is InChI=1S/C15H23ClN2/c1-3-15(4-2)8-9-18(11-15)10-12-13(16)6-5-7-14(12)17/h5-7H,3-4,8-11,17H2,1-2H3. The first-order valence-electron chi connectivity index (χ1n) is 6.85. The molecule has 2 rings (SSSR count). The van der Waals surface area contributed by atoms with Crippen LogP contribution in [0, 0.1) is 5.41 Å². The third-order valence-electron chi connectivity index (χ3n) is 4.55. The summed E-state index contributed by atoms with van der Waals surface area (Å²) in [5.41, 5.74) is 8.43. The second kappa shape index (κ2) is 5.50. The van der Waals surface area contributed by atoms with Gasteiger partial charge in [-0.2, -0.15) is 0 Å². The molecule has 1 aromatic rings. The Kier molecular flexibility index (Phi) is 4.18. The molecule has 2 nitrogen and oxygen atoms in total. The molecule has 1 aliphatic rings. The highest BCUT2D eigenvalue weighted by molar-refractivity contribution is 6.31. The average Bonchev–Trinajstić information content (AvgIpc) is 2.78. The van der Waals surface area contributed by atoms with E-state index in [2.05, 4.69) is 18.7 Å². The van der Waals surface area contributed by atoms with Crippen molar-refractivity contribution >= 4 is 17.3 Å². The molecule has 0 unspecified atom stereocenters. The Morgan fingerprint density at radius 3 is 2.61 bits per heavy atom. The minimum atomic E-state index is 0.510. The van der Waals surface area contributed by atoms with E-state index in [9.17, 15) is 0 Å². The van der Waals surface area contributed by atoms with E-state index in [1.807, 2.05) is 18.2 Å². The molecule has 1 fully saturated rings. The summed E-state index contributed by atoms with van der Waals surface area (Å²) in [6, 6.07) is 5.77. The number of nitrogens with two attached hydrogens (primary N) is 1. The minimum Gasteiger partial charge on any atom is -0.398 e. The predicted octanol–water partition coefficient (Wildman–Crippen LogP) is 3.93. The smallest absolute Gasteiger partial charge is 0.0471 e. The van der Waals surface area contributed by atoms with Gasteiger partial charge in [0.25, 0.3) is 0 Å². The molecule has 0 aromatic heterocycles. The molecule has 100 valence electrons. The topological polar surface area (TPSA) is 29.3 Å². The Morgan fingerprint density at radius 1 is 1.33 bits per heavy atom. The van der Waals surface area contributed by atoms with Crippen molar-refractivity contribution in [1.82, 2.24) is 4.90 Å². The summed E-state index contributed by atoms with van der Waals surface area (Å²) >= 11 is 6.24. The molecule has 3 heteroatoms. The average molecular weight is 267 g/mol. The highest BCUT2D eigenvalue weighted by Gasteiger charge is 2.34. The van der Waals surface area contributed by atoms with Crippen molar-refractivity contribution in [1.29, 1.82) is 0 Å². The van der Waals surface area contributed by atoms with E-state index in [0.29, 0.717) is 5.41 Å². The third-order valence-corrected chi connectivity index (χ3v) is 4.91. The van der Waals surface area contributed by atoms with Crippen LogP contribution < -0.4 is 5.73 Å². The SMILES string of the molecule is CCC1(CC)CCN(Cc2c(N)cccc2Cl)C1. The van der Waals surface area contributed by atoms with E-state index in [-0.39, 0.29) is 0 Å². The molecular formula is C15H23ClN2. The van der Waals surface area contributed by atoms with Gasteiger partial charge < -0.3 is 5.73 Å². The highest BCUT2D eigenvalue weighted by Crippen LogP contribution is 2.38. The zero-order valence-corrected chi connectivity index (χ0v) is 12.1. The van der Waals surface area contributed by atoms with Crippen molar-refractivity contribution in [2.24, 2.45) is 5.41 Å². The zero-order valence-electron chi connectivity index (χ0n) is 11.4. The van der Waals surface area contributed by atoms with Crippen molar-refractivity contribution in [3.8, 4) is 0 Å². The number of hydrogen-bond donors (Lipinski definition) is 1. The normalized spacial score (nSPS) is 19.3. The van der Waals surface area contributed by atoms with Gasteiger partial charge in [-0.25, -0.2) is 0 Å². The number of halogens is 1. The maximum Gasteiger partial charge on any atom is 0.0471 e. The van der Waals surface area contributed by atoms with Crippen molar-refractivity contribution in [3.63, 3.8) is 0 Å². The minimum absolute atomic E-state index is 0.510. The molecule has 2 N–H and O–H groups in total. The summed E-state index contributed by atoms with van der Waals surface area (Å²) in [6.07, 6.45) is 3.82. The Bertz CT molecular complexity index is 393. The molecule has 0 bridgehead atoms. The largest absolute Gasteiger partial charge is 0.398 e. The van der Waals surface area contributed by atoms with E-state index in [1.54, 1.807) is 0 Å². The molecule has 0 atom stereocenters. The van der Waals surface area contributed by atoms with Gasteiger partial charge in [-0.05, 0) is 43.4 Å². The van der Waals surface area contributed by atoms with Crippen LogP contribution >= 0.6 is 11.6 Å². The van der Waals surface area contributed by atoms with Gasteiger partial charge >= 0.3 is 0 Å². The van der Waals surface area contributed by atoms with Crippen LogP contribution in [0.1, 0.15) is 38.7 Å². The summed E-state index contributed by atoms with van der Waals surface area (Å²) in [5, 5.41) is 0.792. The summed E-state index contributed by atoms with van der Waals surface area (Å²) in [5.74, 6) is 0. The fraction of sp³-hybridized carbons (Fsp3) is 0.600. The van der Waals surface area contributed by atoms with E-state index in [4.69, 9.17) is 17.3 Å². The molecule has 0 saturated carbocycles. The zero-order chi connectivity index (χ0) is 13.2. The number of rotatable bonds is 4. The molecule has 18 heavy (non-hydrogen) atoms. The van der Waals surface area contributed by atoms with E-state index < -0.39 is 0 Å². The molecule has 1 aliphatic heterocycles. The first kappa shape index (κ1) is 13.7. The van der Waals surface area contributed by atoms with Crippen molar-refractivity contribution in [3.05, 3.63) is 28.8 Å². The number of benzene rings is 1. The highest BCUT2D eigenvalue weighted by atomic mass is 35.5. The van der Waals surface area contributed by atoms with Crippen LogP contribution in [0.4, 0.5) is 5.69 Å². The maximum absolute atomic E-state index is 6.24. The summed E-state index contributed by atoms with van der Waals surface area (Å²) < 4.78 is 0. The molecule has 1 saturated heterocycles. The van der Waals surface area contributed by atoms with Gasteiger partial charge in [0.2, 0.25) is 0 Å². The molecule has 0 radical (unpaired) electrons. The lowest BCUT2D eigenvalue weighted by Gasteiger charge is -2.26. The summed E-state index contributed by atoms with van der Waals surface area (Å²) in [4.78, 5) is 2.49. The van der Waals surface area contributed by atoms with Crippen LogP contribution in [0.3, 0.4) is 0 Å². The Balaban J connectivity index is 2.08. The fourth-order valence-corrected chi connectivity index (χ4v) is 3.20. The lowest BCUT2D eigenvalue weighted by Crippen LogP contribution is -2.26. The molecule has 0 aliphatic carbocycles. The van der Waals surface area contributed by atoms with Crippen molar-refractivity contribution in [2.45, 2.75) is 39.7 Å². The number of nitrogen functional groups attached to an aromatic ring is 1. The van der Waals surface area contributed by atoms with Crippen LogP contribution in [0.2, 0.25) is 5.02 Å². The van der Waals surface area contributed by atoms with E-state index in [1.165, 1.54) is 25.8 Å². The quantitative estimate of drug-likeness (QED) is 0.837. The van der Waals surface area contributed by atoms with Gasteiger partial charge in [0, 0.05) is 29.4 Å². The lowest BCUT2D eigenvalue weighted by molar-refractivity contribution is 0.236. The van der Waals surface area contributed by atoms with Gasteiger partial charge in [0.15, 0.2) is 0 Å². The van der Waals surface area contributed by atoms with Gasteiger partial charge in [0.05, 0.1) is 0 Å². The maximum atomic E-state index is 6.24. The molecule has 1 aromatic carbocycles. The third kappa shape index (κ3) is 2.65. The number of nitrogens with zero attached hydrogens (tertiary/aromatic N) is 1. The summed E-state index contributed by atoms with van der Waals surface area (Å²) in [7, 11) is 0. The first-order chi connectivity index (χ1) is 8.60.